The van der Waals surface area contributed by atoms with Crippen molar-refractivity contribution in [3.63, 3.8) is 0 Å². The highest BCUT2D eigenvalue weighted by molar-refractivity contribution is 6.31. The van der Waals surface area contributed by atoms with Crippen molar-refractivity contribution in [2.24, 2.45) is 0 Å². The number of aromatic nitrogens is 5. The number of anilines is 3. The lowest BCUT2D eigenvalue weighted by Gasteiger charge is -2.18. The van der Waals surface area contributed by atoms with Gasteiger partial charge < -0.3 is 15.7 Å². The van der Waals surface area contributed by atoms with Crippen LogP contribution in [0.1, 0.15) is 43.0 Å². The second-order valence-corrected chi connectivity index (χ2v) is 9.95. The van der Waals surface area contributed by atoms with Crippen molar-refractivity contribution in [3.05, 3.63) is 64.3 Å². The predicted molar refractivity (Wildman–Crippen MR) is 142 cm³/mol. The van der Waals surface area contributed by atoms with Gasteiger partial charge in [0.25, 0.3) is 0 Å². The van der Waals surface area contributed by atoms with Crippen LogP contribution >= 0.6 is 11.6 Å². The molecule has 0 radical (unpaired) electrons. The number of halogens is 1. The zero-order valence-electron chi connectivity index (χ0n) is 20.9. The molecule has 0 spiro atoms. The summed E-state index contributed by atoms with van der Waals surface area (Å²) in [5, 5.41) is 23.3. The van der Waals surface area contributed by atoms with Gasteiger partial charge in [-0.2, -0.15) is 5.10 Å². The molecule has 0 aliphatic carbocycles. The third kappa shape index (κ3) is 6.26. The van der Waals surface area contributed by atoms with Crippen LogP contribution in [0.5, 0.6) is 0 Å². The van der Waals surface area contributed by atoms with Crippen molar-refractivity contribution < 1.29 is 5.11 Å². The van der Waals surface area contributed by atoms with Crippen molar-refractivity contribution >= 4 is 39.8 Å². The Balaban J connectivity index is 1.41. The van der Waals surface area contributed by atoms with Gasteiger partial charge in [0.15, 0.2) is 0 Å². The van der Waals surface area contributed by atoms with Crippen molar-refractivity contribution in [3.8, 4) is 0 Å². The fraction of sp³-hybridized carbons (Fsp3) is 0.385. The van der Waals surface area contributed by atoms with Crippen molar-refractivity contribution in [2.75, 3.05) is 17.2 Å². The molecule has 0 fully saturated rings. The molecule has 0 aliphatic rings. The van der Waals surface area contributed by atoms with Gasteiger partial charge in [-0.05, 0) is 77.8 Å². The average molecular weight is 494 g/mol. The molecule has 184 valence electrons. The normalized spacial score (nSPS) is 11.7. The summed E-state index contributed by atoms with van der Waals surface area (Å²) in [7, 11) is 0. The zero-order chi connectivity index (χ0) is 25.2. The molecular weight excluding hydrogens is 462 g/mol. The summed E-state index contributed by atoms with van der Waals surface area (Å²) in [5.74, 6) is 0.555. The number of aliphatic hydroxyl groups is 1. The third-order valence-corrected chi connectivity index (χ3v) is 5.93. The number of aryl methyl sites for hydroxylation is 3. The smallest absolute Gasteiger partial charge is 0.227 e. The van der Waals surface area contributed by atoms with Crippen LogP contribution in [-0.4, -0.2) is 42.0 Å². The average Bonchev–Trinajstić information content (AvgIpc) is 3.02. The lowest BCUT2D eigenvalue weighted by molar-refractivity contribution is 0.0570. The van der Waals surface area contributed by atoms with E-state index in [0.717, 1.165) is 64.4 Å². The van der Waals surface area contributed by atoms with Crippen LogP contribution in [0.15, 0.2) is 36.5 Å². The van der Waals surface area contributed by atoms with E-state index >= 15 is 0 Å². The number of nitrogens with one attached hydrogen (secondary N) is 2. The maximum atomic E-state index is 10.2. The van der Waals surface area contributed by atoms with E-state index in [9.17, 15) is 5.11 Å². The number of benzene rings is 1. The molecule has 4 aromatic rings. The van der Waals surface area contributed by atoms with Crippen LogP contribution in [0, 0.1) is 20.8 Å². The minimum atomic E-state index is -0.850. The van der Waals surface area contributed by atoms with E-state index in [1.165, 1.54) is 0 Å². The van der Waals surface area contributed by atoms with E-state index in [1.54, 1.807) is 20.0 Å². The Bertz CT molecular complexity index is 1340. The molecule has 0 aliphatic heterocycles. The molecule has 4 rings (SSSR count). The minimum Gasteiger partial charge on any atom is -0.389 e. The molecular formula is C26H32ClN7O. The lowest BCUT2D eigenvalue weighted by atomic mass is 10.1. The second kappa shape index (κ2) is 10.2. The van der Waals surface area contributed by atoms with Gasteiger partial charge in [-0.25, -0.2) is 9.97 Å². The third-order valence-electron chi connectivity index (χ3n) is 5.69. The molecule has 3 heterocycles. The van der Waals surface area contributed by atoms with Crippen LogP contribution in [0.3, 0.4) is 0 Å². The highest BCUT2D eigenvalue weighted by Gasteiger charge is 2.19. The first kappa shape index (κ1) is 24.9. The Morgan fingerprint density at radius 2 is 1.89 bits per heavy atom. The first-order chi connectivity index (χ1) is 16.6. The Kier molecular flexibility index (Phi) is 7.23. The van der Waals surface area contributed by atoms with E-state index in [4.69, 9.17) is 16.6 Å². The standard InChI is InChI=1S/C26H32ClN7O/c1-16-13-20(7-6-11-28-22-10-12-29-23-14-19(27)8-9-21(22)23)31-25(30-16)32-24-17(2)33-34(18(24)3)15-26(4,5)35/h8-10,12-14,35H,6-7,11,15H2,1-5H3,(H,28,29)(H,30,31,32). The largest absolute Gasteiger partial charge is 0.389 e. The predicted octanol–water partition coefficient (Wildman–Crippen LogP) is 5.36. The topological polar surface area (TPSA) is 101 Å². The van der Waals surface area contributed by atoms with Crippen molar-refractivity contribution in [2.45, 2.75) is 59.6 Å². The van der Waals surface area contributed by atoms with Crippen LogP contribution in [0.25, 0.3) is 10.9 Å². The molecule has 3 aromatic heterocycles. The quantitative estimate of drug-likeness (QED) is 0.270. The SMILES string of the molecule is Cc1cc(CCCNc2ccnc3cc(Cl)ccc23)nc(Nc2c(C)nn(CC(C)(C)O)c2C)n1. The van der Waals surface area contributed by atoms with Crippen molar-refractivity contribution in [1.29, 1.82) is 0 Å². The van der Waals surface area contributed by atoms with Gasteiger partial charge >= 0.3 is 0 Å². The highest BCUT2D eigenvalue weighted by atomic mass is 35.5. The molecule has 0 atom stereocenters. The molecule has 0 saturated carbocycles. The van der Waals surface area contributed by atoms with Crippen molar-refractivity contribution in [1.82, 2.24) is 24.7 Å². The van der Waals surface area contributed by atoms with E-state index in [-0.39, 0.29) is 0 Å². The maximum absolute atomic E-state index is 10.2. The number of hydrogen-bond acceptors (Lipinski definition) is 7. The van der Waals surface area contributed by atoms with E-state index in [0.29, 0.717) is 17.5 Å². The molecule has 0 bridgehead atoms. The first-order valence-corrected chi connectivity index (χ1v) is 12.1. The molecule has 3 N–H and O–H groups in total. The summed E-state index contributed by atoms with van der Waals surface area (Å²) in [5.41, 5.74) is 5.60. The molecule has 35 heavy (non-hydrogen) atoms. The van der Waals surface area contributed by atoms with Crippen LogP contribution in [-0.2, 0) is 13.0 Å². The lowest BCUT2D eigenvalue weighted by Crippen LogP contribution is -2.27. The van der Waals surface area contributed by atoms with E-state index in [1.807, 2.05) is 55.8 Å². The van der Waals surface area contributed by atoms with Gasteiger partial charge in [0.1, 0.15) is 0 Å². The number of rotatable bonds is 9. The molecule has 8 nitrogen and oxygen atoms in total. The monoisotopic (exact) mass is 493 g/mol. The van der Waals surface area contributed by atoms with Crippen LogP contribution in [0.4, 0.5) is 17.3 Å². The molecule has 9 heteroatoms. The Labute approximate surface area is 210 Å². The minimum absolute atomic E-state index is 0.411. The summed E-state index contributed by atoms with van der Waals surface area (Å²) < 4.78 is 1.82. The highest BCUT2D eigenvalue weighted by Crippen LogP contribution is 2.25. The molecule has 0 unspecified atom stereocenters. The summed E-state index contributed by atoms with van der Waals surface area (Å²) in [4.78, 5) is 13.7. The summed E-state index contributed by atoms with van der Waals surface area (Å²) in [6, 6.07) is 9.75. The molecule has 0 amide bonds. The Morgan fingerprint density at radius 1 is 1.09 bits per heavy atom. The number of pyridine rings is 1. The second-order valence-electron chi connectivity index (χ2n) is 9.52. The van der Waals surface area contributed by atoms with Gasteiger partial charge in [0.2, 0.25) is 5.95 Å². The van der Waals surface area contributed by atoms with Gasteiger partial charge in [0, 0.05) is 40.2 Å². The summed E-state index contributed by atoms with van der Waals surface area (Å²) in [6.07, 6.45) is 3.52. The zero-order valence-corrected chi connectivity index (χ0v) is 21.6. The molecule has 0 saturated heterocycles. The van der Waals surface area contributed by atoms with Gasteiger partial charge in [0.05, 0.1) is 34.7 Å². The first-order valence-electron chi connectivity index (χ1n) is 11.8. The van der Waals surface area contributed by atoms with Gasteiger partial charge in [-0.3, -0.25) is 9.67 Å². The number of hydrogen-bond donors (Lipinski definition) is 3. The van der Waals surface area contributed by atoms with Crippen LogP contribution < -0.4 is 10.6 Å². The summed E-state index contributed by atoms with van der Waals surface area (Å²) >= 11 is 6.09. The fourth-order valence-electron chi connectivity index (χ4n) is 4.10. The molecule has 1 aromatic carbocycles. The van der Waals surface area contributed by atoms with Crippen LogP contribution in [0.2, 0.25) is 5.02 Å². The number of fused-ring (bicyclic) bond motifs is 1. The van der Waals surface area contributed by atoms with Gasteiger partial charge in [-0.15, -0.1) is 0 Å². The maximum Gasteiger partial charge on any atom is 0.227 e. The van der Waals surface area contributed by atoms with Gasteiger partial charge in [-0.1, -0.05) is 11.6 Å². The van der Waals surface area contributed by atoms with E-state index in [2.05, 4.69) is 25.7 Å². The number of nitrogens with zero attached hydrogens (tertiary/aromatic N) is 5. The Morgan fingerprint density at radius 3 is 2.66 bits per heavy atom. The fourth-order valence-corrected chi connectivity index (χ4v) is 4.26. The Hall–Kier alpha value is -3.23. The van der Waals surface area contributed by atoms with E-state index < -0.39 is 5.60 Å². The summed E-state index contributed by atoms with van der Waals surface area (Å²) in [6.45, 7) is 10.6.